The van der Waals surface area contributed by atoms with Gasteiger partial charge in [-0.2, -0.15) is 0 Å². The van der Waals surface area contributed by atoms with E-state index < -0.39 is 0 Å². The van der Waals surface area contributed by atoms with Crippen LogP contribution in [-0.2, 0) is 6.54 Å². The lowest BCUT2D eigenvalue weighted by molar-refractivity contribution is 0.414. The summed E-state index contributed by atoms with van der Waals surface area (Å²) in [6.07, 6.45) is 1.11. The Hall–Kier alpha value is -1.96. The van der Waals surface area contributed by atoms with Gasteiger partial charge in [0.05, 0.1) is 7.11 Å². The fourth-order valence-electron chi connectivity index (χ4n) is 3.07. The molecule has 0 aromatic heterocycles. The van der Waals surface area contributed by atoms with Crippen molar-refractivity contribution in [2.24, 2.45) is 4.99 Å². The zero-order valence-electron chi connectivity index (χ0n) is 15.3. The van der Waals surface area contributed by atoms with Gasteiger partial charge in [-0.1, -0.05) is 30.3 Å². The van der Waals surface area contributed by atoms with Crippen molar-refractivity contribution in [3.8, 4) is 5.75 Å². The van der Waals surface area contributed by atoms with Crippen LogP contribution in [0.2, 0.25) is 0 Å². The second kappa shape index (κ2) is 10.3. The Morgan fingerprint density at radius 3 is 2.54 bits per heavy atom. The average molecular weight is 466 g/mol. The van der Waals surface area contributed by atoms with Gasteiger partial charge in [-0.05, 0) is 36.2 Å². The molecule has 1 aliphatic rings. The van der Waals surface area contributed by atoms with Crippen molar-refractivity contribution < 1.29 is 4.74 Å². The largest absolute Gasteiger partial charge is 0.497 e. The minimum Gasteiger partial charge on any atom is -0.497 e. The molecule has 6 heteroatoms. The van der Waals surface area contributed by atoms with Crippen LogP contribution in [0.1, 0.15) is 12.0 Å². The molecule has 5 nitrogen and oxygen atoms in total. The first kappa shape index (κ1) is 20.4. The summed E-state index contributed by atoms with van der Waals surface area (Å²) in [4.78, 5) is 6.76. The maximum Gasteiger partial charge on any atom is 0.191 e. The molecule has 26 heavy (non-hydrogen) atoms. The second-order valence-electron chi connectivity index (χ2n) is 6.19. The summed E-state index contributed by atoms with van der Waals surface area (Å²) in [7, 11) is 3.49. The molecule has 0 radical (unpaired) electrons. The first-order valence-electron chi connectivity index (χ1n) is 8.68. The molecule has 1 fully saturated rings. The van der Waals surface area contributed by atoms with Gasteiger partial charge >= 0.3 is 0 Å². The number of hydrogen-bond acceptors (Lipinski definition) is 3. The summed E-state index contributed by atoms with van der Waals surface area (Å²) in [5.74, 6) is 1.72. The number of methoxy groups -OCH3 is 1. The number of nitrogens with zero attached hydrogens (tertiary/aromatic N) is 2. The number of ether oxygens (including phenoxy) is 1. The molecule has 1 atom stereocenters. The predicted molar refractivity (Wildman–Crippen MR) is 119 cm³/mol. The number of hydrogen-bond donors (Lipinski definition) is 2. The zero-order valence-corrected chi connectivity index (χ0v) is 17.6. The van der Waals surface area contributed by atoms with E-state index in [2.05, 4.69) is 63.0 Å². The summed E-state index contributed by atoms with van der Waals surface area (Å²) in [5, 5.41) is 6.91. The van der Waals surface area contributed by atoms with Crippen molar-refractivity contribution in [3.63, 3.8) is 0 Å². The van der Waals surface area contributed by atoms with Gasteiger partial charge < -0.3 is 20.3 Å². The molecule has 1 unspecified atom stereocenters. The Labute approximate surface area is 172 Å². The Morgan fingerprint density at radius 2 is 1.88 bits per heavy atom. The van der Waals surface area contributed by atoms with Gasteiger partial charge in [0.15, 0.2) is 5.96 Å². The van der Waals surface area contributed by atoms with Crippen LogP contribution in [0, 0.1) is 0 Å². The number of halogens is 1. The summed E-state index contributed by atoms with van der Waals surface area (Å²) in [6.45, 7) is 2.79. The fourth-order valence-corrected chi connectivity index (χ4v) is 3.07. The lowest BCUT2D eigenvalue weighted by atomic mass is 10.2. The standard InChI is InChI=1S/C20H26N4O.HI/c1-21-20(22-14-16-8-10-19(25-2)11-9-16)23-17-12-13-24(15-17)18-6-4-3-5-7-18;/h3-11,17H,12-15H2,1-2H3,(H2,21,22,23);1H. The van der Waals surface area contributed by atoms with E-state index in [1.807, 2.05) is 19.2 Å². The third-order valence-electron chi connectivity index (χ3n) is 4.49. The quantitative estimate of drug-likeness (QED) is 0.404. The van der Waals surface area contributed by atoms with Gasteiger partial charge in [0, 0.05) is 38.4 Å². The van der Waals surface area contributed by atoms with Crippen molar-refractivity contribution in [2.45, 2.75) is 19.0 Å². The molecule has 0 aliphatic carbocycles. The Bertz CT molecular complexity index is 691. The highest BCUT2D eigenvalue weighted by Crippen LogP contribution is 2.19. The molecule has 0 spiro atoms. The number of benzene rings is 2. The molecule has 140 valence electrons. The van der Waals surface area contributed by atoms with Gasteiger partial charge in [-0.3, -0.25) is 4.99 Å². The Balaban J connectivity index is 0.00000243. The van der Waals surface area contributed by atoms with Crippen molar-refractivity contribution in [1.82, 2.24) is 10.6 Å². The molecule has 1 heterocycles. The summed E-state index contributed by atoms with van der Waals surface area (Å²) < 4.78 is 5.19. The van der Waals surface area contributed by atoms with E-state index in [4.69, 9.17) is 4.74 Å². The van der Waals surface area contributed by atoms with Crippen LogP contribution >= 0.6 is 24.0 Å². The SMILES string of the molecule is CN=C(NCc1ccc(OC)cc1)NC1CCN(c2ccccc2)C1.I. The number of guanidine groups is 1. The molecule has 2 N–H and O–H groups in total. The third kappa shape index (κ3) is 5.52. The first-order chi connectivity index (χ1) is 12.3. The van der Waals surface area contributed by atoms with Gasteiger partial charge in [0.25, 0.3) is 0 Å². The summed E-state index contributed by atoms with van der Waals surface area (Å²) in [5.41, 5.74) is 2.48. The highest BCUT2D eigenvalue weighted by atomic mass is 127. The third-order valence-corrected chi connectivity index (χ3v) is 4.49. The number of rotatable bonds is 5. The average Bonchev–Trinajstić information content (AvgIpc) is 3.15. The van der Waals surface area contributed by atoms with E-state index in [-0.39, 0.29) is 24.0 Å². The number of nitrogens with one attached hydrogen (secondary N) is 2. The van der Waals surface area contributed by atoms with E-state index in [0.717, 1.165) is 37.8 Å². The van der Waals surface area contributed by atoms with Crippen LogP contribution in [0.4, 0.5) is 5.69 Å². The second-order valence-corrected chi connectivity index (χ2v) is 6.19. The highest BCUT2D eigenvalue weighted by Gasteiger charge is 2.23. The van der Waals surface area contributed by atoms with Crippen LogP contribution in [0.25, 0.3) is 0 Å². The van der Waals surface area contributed by atoms with Gasteiger partial charge in [-0.25, -0.2) is 0 Å². The molecule has 0 amide bonds. The molecule has 2 aromatic carbocycles. The van der Waals surface area contributed by atoms with Gasteiger partial charge in [-0.15, -0.1) is 24.0 Å². The molecule has 1 saturated heterocycles. The molecule has 0 bridgehead atoms. The maximum absolute atomic E-state index is 5.19. The minimum absolute atomic E-state index is 0. The molecule has 2 aromatic rings. The van der Waals surface area contributed by atoms with Crippen molar-refractivity contribution in [1.29, 1.82) is 0 Å². The number of para-hydroxylation sites is 1. The highest BCUT2D eigenvalue weighted by molar-refractivity contribution is 14.0. The van der Waals surface area contributed by atoms with E-state index in [9.17, 15) is 0 Å². The summed E-state index contributed by atoms with van der Waals surface area (Å²) in [6, 6.07) is 19.0. The zero-order chi connectivity index (χ0) is 17.5. The van der Waals surface area contributed by atoms with Crippen LogP contribution in [0.15, 0.2) is 59.6 Å². The maximum atomic E-state index is 5.19. The Morgan fingerprint density at radius 1 is 1.15 bits per heavy atom. The number of anilines is 1. The summed E-state index contributed by atoms with van der Waals surface area (Å²) >= 11 is 0. The molecular formula is C20H27IN4O. The lowest BCUT2D eigenvalue weighted by Crippen LogP contribution is -2.44. The number of aliphatic imine (C=N–C) groups is 1. The lowest BCUT2D eigenvalue weighted by Gasteiger charge is -2.20. The van der Waals surface area contributed by atoms with E-state index >= 15 is 0 Å². The fraction of sp³-hybridized carbons (Fsp3) is 0.350. The van der Waals surface area contributed by atoms with Crippen LogP contribution in [0.5, 0.6) is 5.75 Å². The van der Waals surface area contributed by atoms with E-state index in [1.165, 1.54) is 11.3 Å². The topological polar surface area (TPSA) is 48.9 Å². The first-order valence-corrected chi connectivity index (χ1v) is 8.68. The van der Waals surface area contributed by atoms with Gasteiger partial charge in [0.2, 0.25) is 0 Å². The molecule has 1 aliphatic heterocycles. The van der Waals surface area contributed by atoms with E-state index in [0.29, 0.717) is 6.04 Å². The van der Waals surface area contributed by atoms with Crippen LogP contribution in [0.3, 0.4) is 0 Å². The van der Waals surface area contributed by atoms with Crippen molar-refractivity contribution in [2.75, 3.05) is 32.1 Å². The van der Waals surface area contributed by atoms with Crippen LogP contribution < -0.4 is 20.3 Å². The normalized spacial score (nSPS) is 16.8. The van der Waals surface area contributed by atoms with Crippen molar-refractivity contribution >= 4 is 35.6 Å². The monoisotopic (exact) mass is 466 g/mol. The van der Waals surface area contributed by atoms with Crippen molar-refractivity contribution in [3.05, 3.63) is 60.2 Å². The predicted octanol–water partition coefficient (Wildman–Crippen LogP) is 3.26. The molecule has 0 saturated carbocycles. The minimum atomic E-state index is 0. The molecular weight excluding hydrogens is 439 g/mol. The van der Waals surface area contributed by atoms with E-state index in [1.54, 1.807) is 7.11 Å². The smallest absolute Gasteiger partial charge is 0.191 e. The Kier molecular flexibility index (Phi) is 8.03. The van der Waals surface area contributed by atoms with Gasteiger partial charge in [0.1, 0.15) is 5.75 Å². The van der Waals surface area contributed by atoms with Crippen LogP contribution in [-0.4, -0.2) is 39.2 Å². The molecule has 3 rings (SSSR count).